The second-order valence-electron chi connectivity index (χ2n) is 18.4. The van der Waals surface area contributed by atoms with Gasteiger partial charge in [0.1, 0.15) is 13.2 Å². The van der Waals surface area contributed by atoms with Crippen LogP contribution >= 0.6 is 0 Å². The fourth-order valence-electron chi connectivity index (χ4n) is 7.64. The van der Waals surface area contributed by atoms with Gasteiger partial charge in [-0.2, -0.15) is 0 Å². The molecule has 0 amide bonds. The van der Waals surface area contributed by atoms with Gasteiger partial charge < -0.3 is 14.2 Å². The third-order valence-corrected chi connectivity index (χ3v) is 11.5. The number of carbonyl (C=O) groups excluding carboxylic acids is 3. The zero-order valence-electron chi connectivity index (χ0n) is 39.0. The Balaban J connectivity index is 4.25. The molecule has 0 radical (unpaired) electrons. The maximum absolute atomic E-state index is 12.7. The van der Waals surface area contributed by atoms with Gasteiger partial charge in [-0.25, -0.2) is 0 Å². The molecule has 0 aliphatic rings. The van der Waals surface area contributed by atoms with Gasteiger partial charge in [0.05, 0.1) is 0 Å². The predicted octanol–water partition coefficient (Wildman–Crippen LogP) is 16.1. The minimum absolute atomic E-state index is 0.0640. The highest BCUT2D eigenvalue weighted by atomic mass is 16.6. The van der Waals surface area contributed by atoms with Crippen LogP contribution in [0.15, 0.2) is 0 Å². The lowest BCUT2D eigenvalue weighted by molar-refractivity contribution is -0.167. The van der Waals surface area contributed by atoms with Gasteiger partial charge in [0.15, 0.2) is 6.10 Å². The summed E-state index contributed by atoms with van der Waals surface area (Å²) >= 11 is 0. The zero-order chi connectivity index (χ0) is 41.9. The van der Waals surface area contributed by atoms with Gasteiger partial charge in [-0.05, 0) is 31.1 Å². The molecular weight excluding hydrogens is 709 g/mol. The van der Waals surface area contributed by atoms with E-state index in [1.807, 2.05) is 0 Å². The summed E-state index contributed by atoms with van der Waals surface area (Å²) < 4.78 is 16.8. The Hall–Kier alpha value is -1.59. The van der Waals surface area contributed by atoms with Gasteiger partial charge in [0.25, 0.3) is 0 Å². The van der Waals surface area contributed by atoms with E-state index in [-0.39, 0.29) is 31.1 Å². The fourth-order valence-corrected chi connectivity index (χ4v) is 7.64. The Bertz CT molecular complexity index is 870. The highest BCUT2D eigenvalue weighted by Crippen LogP contribution is 2.17. The van der Waals surface area contributed by atoms with Crippen LogP contribution in [0.4, 0.5) is 0 Å². The van der Waals surface area contributed by atoms with E-state index in [0.29, 0.717) is 19.3 Å². The van der Waals surface area contributed by atoms with Crippen molar-refractivity contribution >= 4 is 17.9 Å². The van der Waals surface area contributed by atoms with E-state index < -0.39 is 6.10 Å². The molecule has 0 spiro atoms. The van der Waals surface area contributed by atoms with Crippen molar-refractivity contribution in [2.24, 2.45) is 11.8 Å². The van der Waals surface area contributed by atoms with E-state index in [4.69, 9.17) is 14.2 Å². The number of hydrogen-bond donors (Lipinski definition) is 0. The van der Waals surface area contributed by atoms with E-state index in [1.165, 1.54) is 167 Å². The van der Waals surface area contributed by atoms with Crippen LogP contribution in [0.25, 0.3) is 0 Å². The van der Waals surface area contributed by atoms with Gasteiger partial charge in [-0.15, -0.1) is 0 Å². The molecule has 0 aromatic carbocycles. The number of ether oxygens (including phenoxy) is 3. The second kappa shape index (κ2) is 44.0. The number of rotatable bonds is 45. The van der Waals surface area contributed by atoms with Crippen molar-refractivity contribution in [2.45, 2.75) is 285 Å². The van der Waals surface area contributed by atoms with E-state index in [1.54, 1.807) is 0 Å². The lowest BCUT2D eigenvalue weighted by Crippen LogP contribution is -2.30. The first-order valence-corrected chi connectivity index (χ1v) is 25.2. The van der Waals surface area contributed by atoms with Crippen molar-refractivity contribution in [1.82, 2.24) is 0 Å². The molecule has 0 aliphatic carbocycles. The Morgan fingerprint density at radius 3 is 0.860 bits per heavy atom. The summed E-state index contributed by atoms with van der Waals surface area (Å²) in [5.74, 6) is 0.814. The quantitative estimate of drug-likeness (QED) is 0.0346. The molecule has 0 aliphatic heterocycles. The Morgan fingerprint density at radius 2 is 0.579 bits per heavy atom. The highest BCUT2D eigenvalue weighted by molar-refractivity contribution is 5.71. The van der Waals surface area contributed by atoms with Crippen molar-refractivity contribution in [3.63, 3.8) is 0 Å². The summed E-state index contributed by atoms with van der Waals surface area (Å²) in [7, 11) is 0. The second-order valence-corrected chi connectivity index (χ2v) is 18.4. The van der Waals surface area contributed by atoms with Gasteiger partial charge in [0.2, 0.25) is 0 Å². The summed E-state index contributed by atoms with van der Waals surface area (Å²) in [5.41, 5.74) is 0. The van der Waals surface area contributed by atoms with Crippen molar-refractivity contribution < 1.29 is 28.6 Å². The van der Waals surface area contributed by atoms with Crippen molar-refractivity contribution in [1.29, 1.82) is 0 Å². The van der Waals surface area contributed by atoms with Gasteiger partial charge >= 0.3 is 17.9 Å². The summed E-state index contributed by atoms with van der Waals surface area (Å²) in [6.07, 6.45) is 43.8. The predicted molar refractivity (Wildman–Crippen MR) is 243 cm³/mol. The van der Waals surface area contributed by atoms with E-state index in [9.17, 15) is 14.4 Å². The first-order valence-electron chi connectivity index (χ1n) is 25.2. The molecule has 0 saturated carbocycles. The molecule has 6 heteroatoms. The monoisotopic (exact) mass is 807 g/mol. The smallest absolute Gasteiger partial charge is 0.306 e. The van der Waals surface area contributed by atoms with Gasteiger partial charge in [-0.1, -0.05) is 240 Å². The molecule has 57 heavy (non-hydrogen) atoms. The van der Waals surface area contributed by atoms with Crippen molar-refractivity contribution in [3.05, 3.63) is 0 Å². The number of unbranched alkanes of at least 4 members (excludes halogenated alkanes) is 30. The first-order chi connectivity index (χ1) is 27.7. The molecule has 0 saturated heterocycles. The van der Waals surface area contributed by atoms with Crippen LogP contribution in [0.3, 0.4) is 0 Å². The largest absolute Gasteiger partial charge is 0.462 e. The molecule has 0 aromatic heterocycles. The molecule has 338 valence electrons. The number of carbonyl (C=O) groups is 3. The summed E-state index contributed by atoms with van der Waals surface area (Å²) in [5, 5.41) is 0. The van der Waals surface area contributed by atoms with Crippen LogP contribution < -0.4 is 0 Å². The summed E-state index contributed by atoms with van der Waals surface area (Å²) in [6.45, 7) is 11.4. The van der Waals surface area contributed by atoms with Crippen LogP contribution in [0.5, 0.6) is 0 Å². The van der Waals surface area contributed by atoms with Crippen LogP contribution in [0.2, 0.25) is 0 Å². The third-order valence-electron chi connectivity index (χ3n) is 11.5. The Labute approximate surface area is 355 Å². The minimum Gasteiger partial charge on any atom is -0.462 e. The summed E-state index contributed by atoms with van der Waals surface area (Å²) in [4.78, 5) is 37.8. The average molecular weight is 807 g/mol. The molecule has 0 bridgehead atoms. The number of esters is 3. The van der Waals surface area contributed by atoms with E-state index in [0.717, 1.165) is 69.6 Å². The Kier molecular flexibility index (Phi) is 42.7. The first kappa shape index (κ1) is 55.4. The molecule has 1 atom stereocenters. The topological polar surface area (TPSA) is 78.9 Å². The SMILES string of the molecule is CCCCCCCCCCCC(=O)O[C@@H](COC(=O)CCCCCCCCCCCCCCCC(C)C)COC(=O)CCCCCCCCCCCCCC(C)C. The molecule has 0 aromatic rings. The standard InChI is InChI=1S/C51H98O6/c1-6-7-8-9-10-19-28-33-38-43-51(54)57-48(45-56-50(53)42-37-32-27-23-18-14-16-21-25-30-35-40-47(4)5)44-55-49(52)41-36-31-26-22-17-13-11-12-15-20-24-29-34-39-46(2)3/h46-48H,6-45H2,1-5H3/t48-/m0/s1. The van der Waals surface area contributed by atoms with E-state index >= 15 is 0 Å². The average Bonchev–Trinajstić information content (AvgIpc) is 3.18. The maximum atomic E-state index is 12.7. The molecular formula is C51H98O6. The molecule has 0 rings (SSSR count). The lowest BCUT2D eigenvalue weighted by atomic mass is 10.0. The molecule has 0 fully saturated rings. The van der Waals surface area contributed by atoms with Crippen LogP contribution in [-0.4, -0.2) is 37.2 Å². The van der Waals surface area contributed by atoms with Crippen molar-refractivity contribution in [3.8, 4) is 0 Å². The third kappa shape index (κ3) is 45.3. The van der Waals surface area contributed by atoms with Crippen LogP contribution in [0, 0.1) is 11.8 Å². The highest BCUT2D eigenvalue weighted by Gasteiger charge is 2.19. The summed E-state index contributed by atoms with van der Waals surface area (Å²) in [6, 6.07) is 0. The molecule has 0 heterocycles. The minimum atomic E-state index is -0.760. The normalized spacial score (nSPS) is 12.1. The number of hydrogen-bond acceptors (Lipinski definition) is 6. The Morgan fingerprint density at radius 1 is 0.333 bits per heavy atom. The molecule has 0 N–H and O–H groups in total. The fraction of sp³-hybridized carbons (Fsp3) is 0.941. The lowest BCUT2D eigenvalue weighted by Gasteiger charge is -2.18. The maximum Gasteiger partial charge on any atom is 0.306 e. The van der Waals surface area contributed by atoms with Crippen molar-refractivity contribution in [2.75, 3.05) is 13.2 Å². The van der Waals surface area contributed by atoms with Gasteiger partial charge in [0, 0.05) is 19.3 Å². The van der Waals surface area contributed by atoms with E-state index in [2.05, 4.69) is 34.6 Å². The van der Waals surface area contributed by atoms with Crippen LogP contribution in [0.1, 0.15) is 279 Å². The molecule has 6 nitrogen and oxygen atoms in total. The zero-order valence-corrected chi connectivity index (χ0v) is 39.0. The molecule has 0 unspecified atom stereocenters. The van der Waals surface area contributed by atoms with Crippen LogP contribution in [-0.2, 0) is 28.6 Å². The van der Waals surface area contributed by atoms with Gasteiger partial charge in [-0.3, -0.25) is 14.4 Å².